The van der Waals surface area contributed by atoms with E-state index in [0.717, 1.165) is 23.8 Å². The number of unbranched alkanes of at least 4 members (excludes halogenated alkanes) is 1. The molecule has 0 spiro atoms. The van der Waals surface area contributed by atoms with Crippen LogP contribution in [0.15, 0.2) is 53.3 Å². The van der Waals surface area contributed by atoms with E-state index in [0.29, 0.717) is 55.5 Å². The van der Waals surface area contributed by atoms with E-state index in [4.69, 9.17) is 11.6 Å². The van der Waals surface area contributed by atoms with Gasteiger partial charge < -0.3 is 10.2 Å². The minimum absolute atomic E-state index is 0.0134. The number of rotatable bonds is 8. The molecule has 1 aliphatic heterocycles. The number of aromatic nitrogens is 2. The second-order valence-corrected chi connectivity index (χ2v) is 9.15. The Morgan fingerprint density at radius 3 is 2.49 bits per heavy atom. The number of nitrogens with zero attached hydrogens (tertiary/aromatic N) is 4. The fourth-order valence-electron chi connectivity index (χ4n) is 4.28. The van der Waals surface area contributed by atoms with Gasteiger partial charge in [-0.2, -0.15) is 4.98 Å². The number of nitrogens with one attached hydrogen (secondary N) is 1. The van der Waals surface area contributed by atoms with Crippen LogP contribution < -0.4 is 11.0 Å². The van der Waals surface area contributed by atoms with Gasteiger partial charge in [0.1, 0.15) is 6.54 Å². The molecule has 184 valence electrons. The molecule has 1 N–H and O–H groups in total. The number of hydrogen-bond acceptors (Lipinski definition) is 5. The lowest BCUT2D eigenvalue weighted by atomic mass is 10.1. The van der Waals surface area contributed by atoms with Gasteiger partial charge in [0, 0.05) is 48.7 Å². The van der Waals surface area contributed by atoms with Gasteiger partial charge in [-0.15, -0.1) is 0 Å². The van der Waals surface area contributed by atoms with Gasteiger partial charge in [0.2, 0.25) is 11.8 Å². The average Bonchev–Trinajstić information content (AvgIpc) is 2.86. The molecule has 3 aromatic rings. The monoisotopic (exact) mass is 495 g/mol. The second-order valence-electron chi connectivity index (χ2n) is 8.72. The third kappa shape index (κ3) is 6.07. The molecule has 1 aliphatic rings. The van der Waals surface area contributed by atoms with Gasteiger partial charge in [-0.05, 0) is 24.6 Å². The predicted molar refractivity (Wildman–Crippen MR) is 137 cm³/mol. The van der Waals surface area contributed by atoms with Crippen molar-refractivity contribution >= 4 is 34.3 Å². The molecular weight excluding hydrogens is 466 g/mol. The Labute approximate surface area is 209 Å². The number of fused-ring (bicyclic) bond motifs is 1. The van der Waals surface area contributed by atoms with Crippen molar-refractivity contribution in [3.05, 3.63) is 64.0 Å². The number of piperazine rings is 1. The van der Waals surface area contributed by atoms with Crippen LogP contribution in [0.4, 0.5) is 0 Å². The molecule has 1 saturated heterocycles. The van der Waals surface area contributed by atoms with Crippen LogP contribution in [0.2, 0.25) is 5.02 Å². The van der Waals surface area contributed by atoms with Crippen LogP contribution in [0.25, 0.3) is 22.2 Å². The van der Waals surface area contributed by atoms with Crippen LogP contribution in [0.5, 0.6) is 0 Å². The molecule has 2 aromatic carbocycles. The topological polar surface area (TPSA) is 87.5 Å². The summed E-state index contributed by atoms with van der Waals surface area (Å²) in [6.45, 7) is 5.26. The fourth-order valence-corrected chi connectivity index (χ4v) is 4.45. The van der Waals surface area contributed by atoms with Crippen molar-refractivity contribution < 1.29 is 9.59 Å². The highest BCUT2D eigenvalue weighted by atomic mass is 35.5. The summed E-state index contributed by atoms with van der Waals surface area (Å²) in [4.78, 5) is 46.3. The maximum absolute atomic E-state index is 13.1. The van der Waals surface area contributed by atoms with E-state index in [1.54, 1.807) is 23.1 Å². The lowest BCUT2D eigenvalue weighted by Gasteiger charge is -2.34. The molecule has 35 heavy (non-hydrogen) atoms. The first-order valence-electron chi connectivity index (χ1n) is 12.0. The van der Waals surface area contributed by atoms with Crippen LogP contribution in [-0.4, -0.2) is 70.4 Å². The number of carbonyl (C=O) groups excluding carboxylic acids is 2. The average molecular weight is 496 g/mol. The Morgan fingerprint density at radius 1 is 1.03 bits per heavy atom. The zero-order chi connectivity index (χ0) is 24.8. The standard InChI is InChI=1S/C26H30ClN5O3/c1-2-3-11-28-23(33)17-30-12-14-31(15-13-30)24(34)18-32-22-10-9-20(27)16-21(22)25(29-26(32)35)19-7-5-4-6-8-19/h4-10,16H,2-3,11-15,17-18H2,1H3,(H,28,33). The summed E-state index contributed by atoms with van der Waals surface area (Å²) in [6.07, 6.45) is 2.01. The number of halogens is 1. The molecule has 2 amide bonds. The largest absolute Gasteiger partial charge is 0.355 e. The smallest absolute Gasteiger partial charge is 0.349 e. The van der Waals surface area contributed by atoms with E-state index in [2.05, 4.69) is 17.2 Å². The lowest BCUT2D eigenvalue weighted by Crippen LogP contribution is -2.52. The molecule has 1 aromatic heterocycles. The Bertz CT molecular complexity index is 1250. The Kier molecular flexibility index (Phi) is 8.15. The molecule has 0 aliphatic carbocycles. The number of hydrogen-bond donors (Lipinski definition) is 1. The summed E-state index contributed by atoms with van der Waals surface area (Å²) in [5, 5.41) is 4.17. The van der Waals surface area contributed by atoms with Crippen molar-refractivity contribution in [1.29, 1.82) is 0 Å². The van der Waals surface area contributed by atoms with Gasteiger partial charge in [-0.1, -0.05) is 55.3 Å². The maximum atomic E-state index is 13.1. The van der Waals surface area contributed by atoms with E-state index in [-0.39, 0.29) is 18.4 Å². The predicted octanol–water partition coefficient (Wildman–Crippen LogP) is 2.78. The highest BCUT2D eigenvalue weighted by Crippen LogP contribution is 2.27. The van der Waals surface area contributed by atoms with Crippen LogP contribution >= 0.6 is 11.6 Å². The SMILES string of the molecule is CCCCNC(=O)CN1CCN(C(=O)Cn2c(=O)nc(-c3ccccc3)c3cc(Cl)ccc32)CC1. The summed E-state index contributed by atoms with van der Waals surface area (Å²) < 4.78 is 1.41. The first kappa shape index (κ1) is 24.9. The van der Waals surface area contributed by atoms with Gasteiger partial charge in [0.25, 0.3) is 0 Å². The fraction of sp³-hybridized carbons (Fsp3) is 0.385. The summed E-state index contributed by atoms with van der Waals surface area (Å²) in [6, 6.07) is 14.7. The maximum Gasteiger partial charge on any atom is 0.349 e. The van der Waals surface area contributed by atoms with Gasteiger partial charge >= 0.3 is 5.69 Å². The number of carbonyl (C=O) groups is 2. The summed E-state index contributed by atoms with van der Waals surface area (Å²) in [5.74, 6) is -0.135. The molecular formula is C26H30ClN5O3. The normalized spacial score (nSPS) is 14.3. The summed E-state index contributed by atoms with van der Waals surface area (Å²) in [7, 11) is 0. The molecule has 1 fully saturated rings. The molecule has 2 heterocycles. The van der Waals surface area contributed by atoms with Crippen molar-refractivity contribution in [3.63, 3.8) is 0 Å². The molecule has 9 heteroatoms. The zero-order valence-electron chi connectivity index (χ0n) is 19.9. The molecule has 0 bridgehead atoms. The van der Waals surface area contributed by atoms with Crippen LogP contribution in [0.3, 0.4) is 0 Å². The zero-order valence-corrected chi connectivity index (χ0v) is 20.6. The van der Waals surface area contributed by atoms with Gasteiger partial charge in [0.05, 0.1) is 17.8 Å². The molecule has 0 unspecified atom stereocenters. The first-order chi connectivity index (χ1) is 17.0. The highest BCUT2D eigenvalue weighted by Gasteiger charge is 2.24. The molecule has 0 atom stereocenters. The Hall–Kier alpha value is -3.23. The summed E-state index contributed by atoms with van der Waals surface area (Å²) in [5.41, 5.74) is 1.49. The van der Waals surface area contributed by atoms with Gasteiger partial charge in [0.15, 0.2) is 0 Å². The van der Waals surface area contributed by atoms with Crippen LogP contribution in [0, 0.1) is 0 Å². The van der Waals surface area contributed by atoms with Crippen LogP contribution in [0.1, 0.15) is 19.8 Å². The quantitative estimate of drug-likeness (QED) is 0.485. The van der Waals surface area contributed by atoms with Crippen molar-refractivity contribution in [3.8, 4) is 11.3 Å². The third-order valence-electron chi connectivity index (χ3n) is 6.23. The second kappa shape index (κ2) is 11.5. The minimum Gasteiger partial charge on any atom is -0.355 e. The number of amides is 2. The highest BCUT2D eigenvalue weighted by molar-refractivity contribution is 6.31. The Morgan fingerprint density at radius 2 is 1.77 bits per heavy atom. The summed E-state index contributed by atoms with van der Waals surface area (Å²) >= 11 is 6.26. The van der Waals surface area contributed by atoms with Crippen molar-refractivity contribution in [2.45, 2.75) is 26.3 Å². The lowest BCUT2D eigenvalue weighted by molar-refractivity contribution is -0.133. The van der Waals surface area contributed by atoms with Crippen molar-refractivity contribution in [2.75, 3.05) is 39.3 Å². The van der Waals surface area contributed by atoms with E-state index < -0.39 is 5.69 Å². The number of benzene rings is 2. The Balaban J connectivity index is 1.47. The third-order valence-corrected chi connectivity index (χ3v) is 6.46. The van der Waals surface area contributed by atoms with Gasteiger partial charge in [-0.3, -0.25) is 19.1 Å². The van der Waals surface area contributed by atoms with Crippen molar-refractivity contribution in [2.24, 2.45) is 0 Å². The van der Waals surface area contributed by atoms with Crippen molar-refractivity contribution in [1.82, 2.24) is 24.7 Å². The van der Waals surface area contributed by atoms with Gasteiger partial charge in [-0.25, -0.2) is 4.79 Å². The van der Waals surface area contributed by atoms with E-state index >= 15 is 0 Å². The van der Waals surface area contributed by atoms with E-state index in [1.165, 1.54) is 4.57 Å². The van der Waals surface area contributed by atoms with Crippen LogP contribution in [-0.2, 0) is 16.1 Å². The first-order valence-corrected chi connectivity index (χ1v) is 12.4. The van der Waals surface area contributed by atoms with E-state index in [1.807, 2.05) is 35.2 Å². The minimum atomic E-state index is -0.477. The molecule has 8 nitrogen and oxygen atoms in total. The molecule has 0 saturated carbocycles. The molecule has 4 rings (SSSR count). The molecule has 0 radical (unpaired) electrons. The van der Waals surface area contributed by atoms with E-state index in [9.17, 15) is 14.4 Å².